The van der Waals surface area contributed by atoms with Crippen LogP contribution in [-0.2, 0) is 4.79 Å². The molecule has 7 unspecified atom stereocenters. The number of nitrogens with zero attached hydrogens (tertiary/aromatic N) is 1. The number of unbranched alkanes of at least 4 members (excludes halogenated alkanes) is 1. The average molecular weight is 370 g/mol. The Hall–Kier alpha value is -0.840. The van der Waals surface area contributed by atoms with Crippen LogP contribution < -0.4 is 0 Å². The highest BCUT2D eigenvalue weighted by molar-refractivity contribution is 5.79. The van der Waals surface area contributed by atoms with Crippen LogP contribution in [-0.4, -0.2) is 5.78 Å². The van der Waals surface area contributed by atoms with Gasteiger partial charge in [0.15, 0.2) is 0 Å². The molecule has 4 aliphatic carbocycles. The second-order valence-corrected chi connectivity index (χ2v) is 11.0. The lowest BCUT2D eigenvalue weighted by Crippen LogP contribution is -2.56. The lowest BCUT2D eigenvalue weighted by Gasteiger charge is -2.62. The molecule has 4 saturated carbocycles. The van der Waals surface area contributed by atoms with Crippen LogP contribution in [0.2, 0.25) is 0 Å². The van der Waals surface area contributed by atoms with Gasteiger partial charge in [-0.1, -0.05) is 27.2 Å². The molecule has 0 bridgehead atoms. The molecule has 2 nitrogen and oxygen atoms in total. The molecule has 0 spiro atoms. The summed E-state index contributed by atoms with van der Waals surface area (Å²) in [6, 6.07) is 2.35. The van der Waals surface area contributed by atoms with Gasteiger partial charge in [-0.2, -0.15) is 5.26 Å². The Bertz CT molecular complexity index is 620. The minimum atomic E-state index is 0.414. The number of hydrogen-bond donors (Lipinski definition) is 0. The van der Waals surface area contributed by atoms with Crippen molar-refractivity contribution in [3.63, 3.8) is 0 Å². The zero-order valence-corrected chi connectivity index (χ0v) is 17.8. The molecule has 0 radical (unpaired) electrons. The van der Waals surface area contributed by atoms with Crippen LogP contribution in [0.3, 0.4) is 0 Å². The number of ketones is 1. The molecule has 0 aliphatic heterocycles. The SMILES string of the molecule is CCC1CC2C(CC[C@]3(C)C(CCCC#N)CCC23)C2(C)CCC(=O)CC12. The number of nitriles is 1. The van der Waals surface area contributed by atoms with Crippen molar-refractivity contribution in [2.45, 2.75) is 97.8 Å². The van der Waals surface area contributed by atoms with Gasteiger partial charge >= 0.3 is 0 Å². The first-order chi connectivity index (χ1) is 12.9. The molecule has 4 fully saturated rings. The number of Topliss-reactive ketones (excluding diaryl/α,β-unsaturated/α-hetero) is 1. The Morgan fingerprint density at radius 1 is 1.07 bits per heavy atom. The van der Waals surface area contributed by atoms with E-state index in [4.69, 9.17) is 5.26 Å². The Kier molecular flexibility index (Phi) is 5.19. The maximum absolute atomic E-state index is 12.3. The van der Waals surface area contributed by atoms with Gasteiger partial charge in [0.25, 0.3) is 0 Å². The molecule has 2 heteroatoms. The fourth-order valence-electron chi connectivity index (χ4n) is 8.75. The van der Waals surface area contributed by atoms with E-state index in [0.29, 0.717) is 22.5 Å². The first-order valence-corrected chi connectivity index (χ1v) is 11.8. The van der Waals surface area contributed by atoms with Gasteiger partial charge < -0.3 is 0 Å². The summed E-state index contributed by atoms with van der Waals surface area (Å²) in [5.74, 6) is 5.44. The van der Waals surface area contributed by atoms with E-state index < -0.39 is 0 Å². The lowest BCUT2D eigenvalue weighted by molar-refractivity contribution is -0.151. The topological polar surface area (TPSA) is 40.9 Å². The smallest absolute Gasteiger partial charge is 0.133 e. The number of carbonyl (C=O) groups is 1. The van der Waals surface area contributed by atoms with E-state index in [1.807, 2.05) is 0 Å². The highest BCUT2D eigenvalue weighted by Crippen LogP contribution is 2.68. The van der Waals surface area contributed by atoms with Crippen molar-refractivity contribution >= 4 is 5.78 Å². The lowest BCUT2D eigenvalue weighted by atomic mass is 9.42. The van der Waals surface area contributed by atoms with Crippen molar-refractivity contribution in [3.8, 4) is 6.07 Å². The number of rotatable bonds is 4. The van der Waals surface area contributed by atoms with Gasteiger partial charge in [0, 0.05) is 19.3 Å². The summed E-state index contributed by atoms with van der Waals surface area (Å²) in [5, 5.41) is 8.93. The molecule has 0 aromatic rings. The van der Waals surface area contributed by atoms with Gasteiger partial charge in [-0.3, -0.25) is 4.79 Å². The van der Waals surface area contributed by atoms with E-state index in [1.165, 1.54) is 44.9 Å². The van der Waals surface area contributed by atoms with Crippen LogP contribution in [0.1, 0.15) is 97.8 Å². The summed E-state index contributed by atoms with van der Waals surface area (Å²) in [6.45, 7) is 7.55. The quantitative estimate of drug-likeness (QED) is 0.528. The molecule has 0 heterocycles. The predicted molar refractivity (Wildman–Crippen MR) is 109 cm³/mol. The van der Waals surface area contributed by atoms with Crippen LogP contribution in [0, 0.1) is 57.7 Å². The van der Waals surface area contributed by atoms with E-state index in [-0.39, 0.29) is 0 Å². The maximum atomic E-state index is 12.3. The first kappa shape index (κ1) is 19.5. The molecule has 4 aliphatic rings. The molecular formula is C25H39NO. The third kappa shape index (κ3) is 2.99. The van der Waals surface area contributed by atoms with E-state index in [2.05, 4.69) is 26.8 Å². The highest BCUT2D eigenvalue weighted by Gasteiger charge is 2.61. The number of carbonyl (C=O) groups excluding carboxylic acids is 1. The Morgan fingerprint density at radius 2 is 1.85 bits per heavy atom. The van der Waals surface area contributed by atoms with Crippen molar-refractivity contribution in [1.29, 1.82) is 5.26 Å². The zero-order chi connectivity index (χ0) is 19.2. The van der Waals surface area contributed by atoms with Crippen molar-refractivity contribution in [2.75, 3.05) is 0 Å². The van der Waals surface area contributed by atoms with Crippen LogP contribution in [0.15, 0.2) is 0 Å². The summed E-state index contributed by atoms with van der Waals surface area (Å²) < 4.78 is 0. The van der Waals surface area contributed by atoms with Crippen LogP contribution >= 0.6 is 0 Å². The maximum Gasteiger partial charge on any atom is 0.133 e. The fourth-order valence-corrected chi connectivity index (χ4v) is 8.75. The monoisotopic (exact) mass is 369 g/mol. The van der Waals surface area contributed by atoms with Crippen LogP contribution in [0.25, 0.3) is 0 Å². The van der Waals surface area contributed by atoms with Crippen molar-refractivity contribution in [1.82, 2.24) is 0 Å². The summed E-state index contributed by atoms with van der Waals surface area (Å²) in [4.78, 5) is 12.3. The summed E-state index contributed by atoms with van der Waals surface area (Å²) in [5.41, 5.74) is 0.931. The normalized spacial score (nSPS) is 49.0. The van der Waals surface area contributed by atoms with Crippen molar-refractivity contribution in [3.05, 3.63) is 0 Å². The predicted octanol–water partition coefficient (Wildman–Crippen LogP) is 6.54. The minimum Gasteiger partial charge on any atom is -0.300 e. The van der Waals surface area contributed by atoms with E-state index in [1.54, 1.807) is 0 Å². The fraction of sp³-hybridized carbons (Fsp3) is 0.920. The second kappa shape index (κ2) is 7.20. The Balaban J connectivity index is 1.58. The molecule has 4 rings (SSSR count). The number of hydrogen-bond acceptors (Lipinski definition) is 2. The molecule has 8 atom stereocenters. The largest absolute Gasteiger partial charge is 0.300 e. The van der Waals surface area contributed by atoms with Crippen LogP contribution in [0.4, 0.5) is 0 Å². The molecular weight excluding hydrogens is 330 g/mol. The molecule has 0 saturated heterocycles. The third-order valence-electron chi connectivity index (χ3n) is 10.2. The molecule has 0 N–H and O–H groups in total. The van der Waals surface area contributed by atoms with E-state index in [9.17, 15) is 4.79 Å². The molecule has 0 aromatic carbocycles. The van der Waals surface area contributed by atoms with Gasteiger partial charge in [-0.05, 0) is 97.7 Å². The summed E-state index contributed by atoms with van der Waals surface area (Å²) in [7, 11) is 0. The molecule has 27 heavy (non-hydrogen) atoms. The second-order valence-electron chi connectivity index (χ2n) is 11.0. The van der Waals surface area contributed by atoms with Gasteiger partial charge in [-0.25, -0.2) is 0 Å². The third-order valence-corrected chi connectivity index (χ3v) is 10.2. The van der Waals surface area contributed by atoms with Crippen molar-refractivity contribution in [2.24, 2.45) is 46.3 Å². The van der Waals surface area contributed by atoms with Gasteiger partial charge in [0.05, 0.1) is 6.07 Å². The summed E-state index contributed by atoms with van der Waals surface area (Å²) >= 11 is 0. The highest BCUT2D eigenvalue weighted by atomic mass is 16.1. The number of fused-ring (bicyclic) bond motifs is 5. The van der Waals surface area contributed by atoms with E-state index >= 15 is 0 Å². The molecule has 150 valence electrons. The standard InChI is InChI=1S/C25H39NO/c1-4-17-15-20-21-9-8-18(7-5-6-14-26)24(21,2)13-11-22(20)25(3)12-10-19(27)16-23(17)25/h17-18,20-23H,4-13,15-16H2,1-3H3/t17?,18?,20?,21?,22?,23?,24-,25?/m1/s1. The minimum absolute atomic E-state index is 0.414. The molecule has 0 amide bonds. The Labute approximate surface area is 166 Å². The van der Waals surface area contributed by atoms with Crippen LogP contribution in [0.5, 0.6) is 0 Å². The summed E-state index contributed by atoms with van der Waals surface area (Å²) in [6.07, 6.45) is 14.2. The van der Waals surface area contributed by atoms with Gasteiger partial charge in [0.1, 0.15) is 5.78 Å². The zero-order valence-electron chi connectivity index (χ0n) is 17.8. The van der Waals surface area contributed by atoms with Gasteiger partial charge in [0.2, 0.25) is 0 Å². The van der Waals surface area contributed by atoms with Gasteiger partial charge in [-0.15, -0.1) is 0 Å². The Morgan fingerprint density at radius 3 is 2.59 bits per heavy atom. The average Bonchev–Trinajstić information content (AvgIpc) is 2.99. The van der Waals surface area contributed by atoms with E-state index in [0.717, 1.165) is 61.7 Å². The first-order valence-electron chi connectivity index (χ1n) is 11.8. The van der Waals surface area contributed by atoms with Crippen molar-refractivity contribution < 1.29 is 4.79 Å². The molecule has 0 aromatic heterocycles.